The van der Waals surface area contributed by atoms with Gasteiger partial charge in [-0.2, -0.15) is 0 Å². The number of hydrogen-bond acceptors (Lipinski definition) is 3. The average molecular weight is 253 g/mol. The van der Waals surface area contributed by atoms with E-state index < -0.39 is 0 Å². The summed E-state index contributed by atoms with van der Waals surface area (Å²) >= 11 is 5.82. The van der Waals surface area contributed by atoms with Crippen LogP contribution in [0.15, 0.2) is 18.2 Å². The maximum atomic E-state index is 12.1. The molecule has 2 rings (SSSR count). The molecule has 4 nitrogen and oxygen atoms in total. The molecule has 1 aliphatic heterocycles. The molecule has 5 heteroatoms. The third kappa shape index (κ3) is 1.94. The summed E-state index contributed by atoms with van der Waals surface area (Å²) in [7, 11) is 0. The molecule has 0 spiro atoms. The van der Waals surface area contributed by atoms with Crippen LogP contribution in [0.4, 0.5) is 0 Å². The van der Waals surface area contributed by atoms with Crippen LogP contribution in [-0.4, -0.2) is 29.3 Å². The van der Waals surface area contributed by atoms with E-state index in [-0.39, 0.29) is 17.9 Å². The number of amides is 2. The van der Waals surface area contributed by atoms with Crippen LogP contribution in [0.3, 0.4) is 0 Å². The van der Waals surface area contributed by atoms with Crippen molar-refractivity contribution in [2.75, 3.05) is 6.54 Å². The van der Waals surface area contributed by atoms with Crippen LogP contribution in [0, 0.1) is 0 Å². The second kappa shape index (κ2) is 4.47. The second-order valence-corrected chi connectivity index (χ2v) is 4.53. The summed E-state index contributed by atoms with van der Waals surface area (Å²) in [4.78, 5) is 25.4. The van der Waals surface area contributed by atoms with E-state index in [1.807, 2.05) is 6.92 Å². The Labute approximate surface area is 104 Å². The summed E-state index contributed by atoms with van der Waals surface area (Å²) in [6, 6.07) is 4.55. The maximum absolute atomic E-state index is 12.1. The summed E-state index contributed by atoms with van der Waals surface area (Å²) in [5.74, 6) is -0.545. The molecule has 0 radical (unpaired) electrons. The van der Waals surface area contributed by atoms with Crippen LogP contribution in [0.5, 0.6) is 0 Å². The van der Waals surface area contributed by atoms with E-state index in [2.05, 4.69) is 0 Å². The molecule has 0 fully saturated rings. The van der Waals surface area contributed by atoms with Gasteiger partial charge in [0.05, 0.1) is 11.1 Å². The molecule has 17 heavy (non-hydrogen) atoms. The first-order valence-corrected chi connectivity index (χ1v) is 5.81. The van der Waals surface area contributed by atoms with Crippen molar-refractivity contribution in [3.63, 3.8) is 0 Å². The third-order valence-corrected chi connectivity index (χ3v) is 3.14. The van der Waals surface area contributed by atoms with Gasteiger partial charge in [-0.3, -0.25) is 14.5 Å². The van der Waals surface area contributed by atoms with Crippen LogP contribution in [0.1, 0.15) is 34.1 Å². The Bertz CT molecular complexity index is 487. The fraction of sp³-hybridized carbons (Fsp3) is 0.333. The lowest BCUT2D eigenvalue weighted by Gasteiger charge is -2.21. The standard InChI is InChI=1S/C12H13ClN2O2/c1-7(4-5-14)15-11(16)9-3-2-8(13)6-10(9)12(15)17/h2-3,6-7H,4-5,14H2,1H3. The van der Waals surface area contributed by atoms with Crippen LogP contribution in [0.2, 0.25) is 5.02 Å². The van der Waals surface area contributed by atoms with Crippen molar-refractivity contribution in [1.29, 1.82) is 0 Å². The molecule has 0 aliphatic carbocycles. The molecule has 0 saturated carbocycles. The van der Waals surface area contributed by atoms with E-state index in [1.165, 1.54) is 11.0 Å². The number of carbonyl (C=O) groups excluding carboxylic acids is 2. The topological polar surface area (TPSA) is 63.4 Å². The second-order valence-electron chi connectivity index (χ2n) is 4.10. The summed E-state index contributed by atoms with van der Waals surface area (Å²) in [5, 5.41) is 0.457. The Hall–Kier alpha value is -1.39. The zero-order valence-corrected chi connectivity index (χ0v) is 10.2. The van der Waals surface area contributed by atoms with Crippen LogP contribution in [0.25, 0.3) is 0 Å². The molecule has 2 amide bonds. The largest absolute Gasteiger partial charge is 0.330 e. The van der Waals surface area contributed by atoms with Crippen molar-refractivity contribution in [3.8, 4) is 0 Å². The Morgan fingerprint density at radius 1 is 1.29 bits per heavy atom. The van der Waals surface area contributed by atoms with Crippen molar-refractivity contribution in [2.45, 2.75) is 19.4 Å². The van der Waals surface area contributed by atoms with E-state index >= 15 is 0 Å². The van der Waals surface area contributed by atoms with Gasteiger partial charge in [0.25, 0.3) is 11.8 Å². The van der Waals surface area contributed by atoms with Gasteiger partial charge in [-0.25, -0.2) is 0 Å². The average Bonchev–Trinajstić information content (AvgIpc) is 2.52. The van der Waals surface area contributed by atoms with Crippen molar-refractivity contribution < 1.29 is 9.59 Å². The first-order valence-electron chi connectivity index (χ1n) is 5.43. The molecule has 1 unspecified atom stereocenters. The third-order valence-electron chi connectivity index (χ3n) is 2.91. The summed E-state index contributed by atoms with van der Waals surface area (Å²) in [6.07, 6.45) is 0.596. The summed E-state index contributed by atoms with van der Waals surface area (Å²) < 4.78 is 0. The smallest absolute Gasteiger partial charge is 0.261 e. The van der Waals surface area contributed by atoms with Gasteiger partial charge >= 0.3 is 0 Å². The Morgan fingerprint density at radius 2 is 1.94 bits per heavy atom. The van der Waals surface area contributed by atoms with E-state index in [0.717, 1.165) is 0 Å². The molecule has 0 saturated heterocycles. The lowest BCUT2D eigenvalue weighted by molar-refractivity contribution is 0.0592. The minimum absolute atomic E-state index is 0.189. The van der Waals surface area contributed by atoms with Gasteiger partial charge < -0.3 is 5.73 Å². The molecule has 0 bridgehead atoms. The van der Waals surface area contributed by atoms with E-state index in [1.54, 1.807) is 12.1 Å². The lowest BCUT2D eigenvalue weighted by atomic mass is 10.1. The maximum Gasteiger partial charge on any atom is 0.261 e. The van der Waals surface area contributed by atoms with Crippen molar-refractivity contribution >= 4 is 23.4 Å². The number of hydrogen-bond donors (Lipinski definition) is 1. The Balaban J connectivity index is 2.38. The van der Waals surface area contributed by atoms with Crippen LogP contribution in [-0.2, 0) is 0 Å². The molecule has 2 N–H and O–H groups in total. The van der Waals surface area contributed by atoms with Crippen molar-refractivity contribution in [2.24, 2.45) is 5.73 Å². The summed E-state index contributed by atoms with van der Waals surface area (Å²) in [5.41, 5.74) is 6.25. The number of benzene rings is 1. The molecular formula is C12H13ClN2O2. The van der Waals surface area contributed by atoms with E-state index in [4.69, 9.17) is 17.3 Å². The number of halogens is 1. The molecule has 0 aromatic heterocycles. The first kappa shape index (κ1) is 12.1. The fourth-order valence-electron chi connectivity index (χ4n) is 2.00. The van der Waals surface area contributed by atoms with Gasteiger partial charge in [0.2, 0.25) is 0 Å². The Morgan fingerprint density at radius 3 is 2.59 bits per heavy atom. The van der Waals surface area contributed by atoms with E-state index in [9.17, 15) is 9.59 Å². The molecule has 1 aliphatic rings. The summed E-state index contributed by atoms with van der Waals surface area (Å²) in [6.45, 7) is 2.26. The minimum Gasteiger partial charge on any atom is -0.330 e. The molecule has 1 aromatic rings. The van der Waals surface area contributed by atoms with Gasteiger partial charge in [-0.15, -0.1) is 0 Å². The van der Waals surface area contributed by atoms with Gasteiger partial charge in [0, 0.05) is 11.1 Å². The number of rotatable bonds is 3. The number of fused-ring (bicyclic) bond motifs is 1. The number of carbonyl (C=O) groups is 2. The zero-order chi connectivity index (χ0) is 12.6. The highest BCUT2D eigenvalue weighted by molar-refractivity contribution is 6.32. The predicted molar refractivity (Wildman–Crippen MR) is 65.1 cm³/mol. The quantitative estimate of drug-likeness (QED) is 0.833. The SMILES string of the molecule is CC(CCN)N1C(=O)c2ccc(Cl)cc2C1=O. The number of imide groups is 1. The fourth-order valence-corrected chi connectivity index (χ4v) is 2.17. The van der Waals surface area contributed by atoms with Crippen molar-refractivity contribution in [1.82, 2.24) is 4.90 Å². The molecule has 1 heterocycles. The predicted octanol–water partition coefficient (Wildman–Crippen LogP) is 1.67. The molecule has 1 aromatic carbocycles. The molecular weight excluding hydrogens is 240 g/mol. The van der Waals surface area contributed by atoms with Gasteiger partial charge in [-0.05, 0) is 38.1 Å². The highest BCUT2D eigenvalue weighted by Crippen LogP contribution is 2.27. The number of nitrogens with two attached hydrogens (primary N) is 1. The minimum atomic E-state index is -0.284. The van der Waals surface area contributed by atoms with Gasteiger partial charge in [-0.1, -0.05) is 11.6 Å². The zero-order valence-electron chi connectivity index (χ0n) is 9.44. The van der Waals surface area contributed by atoms with Gasteiger partial charge in [0.15, 0.2) is 0 Å². The van der Waals surface area contributed by atoms with Crippen LogP contribution >= 0.6 is 11.6 Å². The van der Waals surface area contributed by atoms with Crippen LogP contribution < -0.4 is 5.73 Å². The number of nitrogens with zero attached hydrogens (tertiary/aromatic N) is 1. The normalized spacial score (nSPS) is 16.3. The molecule has 1 atom stereocenters. The monoisotopic (exact) mass is 252 g/mol. The van der Waals surface area contributed by atoms with E-state index in [0.29, 0.717) is 29.1 Å². The Kier molecular flexibility index (Phi) is 3.17. The van der Waals surface area contributed by atoms with Crippen molar-refractivity contribution in [3.05, 3.63) is 34.3 Å². The molecule has 90 valence electrons. The lowest BCUT2D eigenvalue weighted by Crippen LogP contribution is -2.39. The highest BCUT2D eigenvalue weighted by atomic mass is 35.5. The first-order chi connectivity index (χ1) is 8.06. The van der Waals surface area contributed by atoms with Gasteiger partial charge in [0.1, 0.15) is 0 Å². The highest BCUT2D eigenvalue weighted by Gasteiger charge is 2.38.